The Morgan fingerprint density at radius 2 is 1.95 bits per heavy atom. The van der Waals surface area contributed by atoms with Gasteiger partial charge in [0.1, 0.15) is 18.5 Å². The van der Waals surface area contributed by atoms with Crippen molar-refractivity contribution in [3.8, 4) is 5.75 Å². The zero-order chi connectivity index (χ0) is 13.7. The number of piperidine rings is 1. The molecule has 0 amide bonds. The minimum atomic E-state index is -0.405. The van der Waals surface area contributed by atoms with E-state index >= 15 is 0 Å². The van der Waals surface area contributed by atoms with E-state index in [9.17, 15) is 5.11 Å². The number of likely N-dealkylation sites (tertiary alicyclic amines) is 1. The molecule has 3 nitrogen and oxygen atoms in total. The molecular formula is C16H25NO2. The molecule has 2 rings (SSSR count). The third kappa shape index (κ3) is 4.22. The minimum absolute atomic E-state index is 0.376. The minimum Gasteiger partial charge on any atom is -0.491 e. The third-order valence-electron chi connectivity index (χ3n) is 3.90. The predicted molar refractivity (Wildman–Crippen MR) is 77.7 cm³/mol. The molecular weight excluding hydrogens is 238 g/mol. The molecule has 0 aliphatic carbocycles. The highest BCUT2D eigenvalue weighted by atomic mass is 16.5. The van der Waals surface area contributed by atoms with E-state index in [-0.39, 0.29) is 0 Å². The third-order valence-corrected chi connectivity index (χ3v) is 3.90. The number of rotatable bonds is 5. The van der Waals surface area contributed by atoms with Gasteiger partial charge in [-0.15, -0.1) is 0 Å². The van der Waals surface area contributed by atoms with Crippen LogP contribution in [0.5, 0.6) is 5.75 Å². The van der Waals surface area contributed by atoms with Gasteiger partial charge in [0.25, 0.3) is 0 Å². The van der Waals surface area contributed by atoms with Gasteiger partial charge in [0.15, 0.2) is 0 Å². The van der Waals surface area contributed by atoms with Crippen molar-refractivity contribution >= 4 is 0 Å². The van der Waals surface area contributed by atoms with E-state index in [2.05, 4.69) is 24.8 Å². The second-order valence-corrected chi connectivity index (χ2v) is 5.52. The van der Waals surface area contributed by atoms with Gasteiger partial charge in [-0.2, -0.15) is 0 Å². The summed E-state index contributed by atoms with van der Waals surface area (Å²) in [7, 11) is 0. The van der Waals surface area contributed by atoms with Gasteiger partial charge in [0.2, 0.25) is 0 Å². The van der Waals surface area contributed by atoms with Crippen molar-refractivity contribution in [2.75, 3.05) is 26.2 Å². The molecule has 0 aromatic heterocycles. The van der Waals surface area contributed by atoms with Crippen LogP contribution in [-0.4, -0.2) is 42.4 Å². The van der Waals surface area contributed by atoms with Crippen LogP contribution < -0.4 is 4.74 Å². The van der Waals surface area contributed by atoms with Crippen molar-refractivity contribution in [2.45, 2.75) is 39.2 Å². The summed E-state index contributed by atoms with van der Waals surface area (Å²) in [6.45, 7) is 7.46. The lowest BCUT2D eigenvalue weighted by atomic mass is 10.1. The average Bonchev–Trinajstić information content (AvgIpc) is 2.42. The Balaban J connectivity index is 1.79. The first kappa shape index (κ1) is 14.4. The van der Waals surface area contributed by atoms with Crippen molar-refractivity contribution in [3.05, 3.63) is 29.3 Å². The first-order chi connectivity index (χ1) is 9.16. The smallest absolute Gasteiger partial charge is 0.122 e. The normalized spacial score (nSPS) is 18.3. The summed E-state index contributed by atoms with van der Waals surface area (Å²) in [5.41, 5.74) is 2.38. The molecule has 0 saturated carbocycles. The monoisotopic (exact) mass is 263 g/mol. The molecule has 1 aromatic rings. The molecule has 1 heterocycles. The Morgan fingerprint density at radius 3 is 2.68 bits per heavy atom. The largest absolute Gasteiger partial charge is 0.491 e. The van der Waals surface area contributed by atoms with Crippen LogP contribution in [0.25, 0.3) is 0 Å². The van der Waals surface area contributed by atoms with E-state index in [1.807, 2.05) is 12.1 Å². The average molecular weight is 263 g/mol. The van der Waals surface area contributed by atoms with E-state index < -0.39 is 6.10 Å². The maximum Gasteiger partial charge on any atom is 0.122 e. The number of aryl methyl sites for hydroxylation is 1. The van der Waals surface area contributed by atoms with Gasteiger partial charge >= 0.3 is 0 Å². The fourth-order valence-electron chi connectivity index (χ4n) is 2.56. The van der Waals surface area contributed by atoms with Gasteiger partial charge in [-0.05, 0) is 57.0 Å². The summed E-state index contributed by atoms with van der Waals surface area (Å²) in [5, 5.41) is 10.1. The number of hydrogen-bond donors (Lipinski definition) is 1. The van der Waals surface area contributed by atoms with Crippen LogP contribution in [0.4, 0.5) is 0 Å². The molecule has 0 unspecified atom stereocenters. The Morgan fingerprint density at radius 1 is 1.21 bits per heavy atom. The van der Waals surface area contributed by atoms with Crippen LogP contribution in [-0.2, 0) is 0 Å². The highest BCUT2D eigenvalue weighted by Gasteiger charge is 2.15. The van der Waals surface area contributed by atoms with Crippen LogP contribution >= 0.6 is 0 Å². The molecule has 1 aliphatic rings. The highest BCUT2D eigenvalue weighted by molar-refractivity contribution is 5.38. The maximum atomic E-state index is 10.1. The Hall–Kier alpha value is -1.06. The fourth-order valence-corrected chi connectivity index (χ4v) is 2.56. The van der Waals surface area contributed by atoms with Gasteiger partial charge in [0.05, 0.1) is 0 Å². The fraction of sp³-hybridized carbons (Fsp3) is 0.625. The zero-order valence-corrected chi connectivity index (χ0v) is 12.1. The number of aliphatic hydroxyl groups excluding tert-OH is 1. The van der Waals surface area contributed by atoms with Crippen molar-refractivity contribution in [1.82, 2.24) is 4.90 Å². The van der Waals surface area contributed by atoms with Crippen molar-refractivity contribution in [1.29, 1.82) is 0 Å². The molecule has 106 valence electrons. The standard InChI is InChI=1S/C16H25NO2/c1-13-7-6-8-16(14(13)2)19-12-15(18)11-17-9-4-3-5-10-17/h6-8,15,18H,3-5,9-12H2,1-2H3/t15-/m1/s1. The molecule has 1 aliphatic heterocycles. The number of nitrogens with zero attached hydrogens (tertiary/aromatic N) is 1. The van der Waals surface area contributed by atoms with Gasteiger partial charge in [-0.25, -0.2) is 0 Å². The number of benzene rings is 1. The van der Waals surface area contributed by atoms with Crippen molar-refractivity contribution in [2.24, 2.45) is 0 Å². The lowest BCUT2D eigenvalue weighted by Gasteiger charge is -2.28. The summed E-state index contributed by atoms with van der Waals surface area (Å²) < 4.78 is 5.74. The van der Waals surface area contributed by atoms with Crippen molar-refractivity contribution < 1.29 is 9.84 Å². The van der Waals surface area contributed by atoms with E-state index in [4.69, 9.17) is 4.74 Å². The lowest BCUT2D eigenvalue weighted by molar-refractivity contribution is 0.0615. The lowest BCUT2D eigenvalue weighted by Crippen LogP contribution is -2.38. The Labute approximate surface area is 116 Å². The molecule has 1 atom stereocenters. The molecule has 1 fully saturated rings. The summed E-state index contributed by atoms with van der Waals surface area (Å²) in [5.74, 6) is 0.887. The van der Waals surface area contributed by atoms with Crippen LogP contribution in [0.1, 0.15) is 30.4 Å². The Bertz CT molecular complexity index is 400. The topological polar surface area (TPSA) is 32.7 Å². The van der Waals surface area contributed by atoms with Crippen LogP contribution in [0.3, 0.4) is 0 Å². The number of β-amino-alcohol motifs (C(OH)–C–C–N with tert-alkyl or cyclic N) is 1. The second-order valence-electron chi connectivity index (χ2n) is 5.52. The molecule has 1 N–H and O–H groups in total. The molecule has 0 radical (unpaired) electrons. The van der Waals surface area contributed by atoms with Gasteiger partial charge in [0, 0.05) is 6.54 Å². The van der Waals surface area contributed by atoms with Gasteiger partial charge in [-0.3, -0.25) is 0 Å². The van der Waals surface area contributed by atoms with Crippen LogP contribution in [0.15, 0.2) is 18.2 Å². The molecule has 0 spiro atoms. The first-order valence-electron chi connectivity index (χ1n) is 7.26. The number of ether oxygens (including phenoxy) is 1. The second kappa shape index (κ2) is 6.92. The quantitative estimate of drug-likeness (QED) is 0.886. The SMILES string of the molecule is Cc1cccc(OC[C@H](O)CN2CCCCC2)c1C. The zero-order valence-electron chi connectivity index (χ0n) is 12.1. The summed E-state index contributed by atoms with van der Waals surface area (Å²) >= 11 is 0. The van der Waals surface area contributed by atoms with Crippen molar-refractivity contribution in [3.63, 3.8) is 0 Å². The Kier molecular flexibility index (Phi) is 5.23. The molecule has 19 heavy (non-hydrogen) atoms. The van der Waals surface area contributed by atoms with Crippen LogP contribution in [0.2, 0.25) is 0 Å². The summed E-state index contributed by atoms with van der Waals surface area (Å²) in [6.07, 6.45) is 3.43. The van der Waals surface area contributed by atoms with Gasteiger partial charge < -0.3 is 14.7 Å². The molecule has 0 bridgehead atoms. The predicted octanol–water partition coefficient (Wildman–Crippen LogP) is 2.53. The van der Waals surface area contributed by atoms with E-state index in [0.29, 0.717) is 6.61 Å². The van der Waals surface area contributed by atoms with E-state index in [0.717, 1.165) is 30.9 Å². The number of aliphatic hydroxyl groups is 1. The van der Waals surface area contributed by atoms with Gasteiger partial charge in [-0.1, -0.05) is 18.6 Å². The highest BCUT2D eigenvalue weighted by Crippen LogP contribution is 2.20. The molecule has 3 heteroatoms. The summed E-state index contributed by atoms with van der Waals surface area (Å²) in [4.78, 5) is 2.33. The summed E-state index contributed by atoms with van der Waals surface area (Å²) in [6, 6.07) is 6.04. The first-order valence-corrected chi connectivity index (χ1v) is 7.26. The van der Waals surface area contributed by atoms with E-state index in [1.54, 1.807) is 0 Å². The molecule has 1 saturated heterocycles. The maximum absolute atomic E-state index is 10.1. The van der Waals surface area contributed by atoms with E-state index in [1.165, 1.54) is 24.8 Å². The van der Waals surface area contributed by atoms with Crippen LogP contribution in [0, 0.1) is 13.8 Å². The molecule has 1 aromatic carbocycles. The number of hydrogen-bond acceptors (Lipinski definition) is 3.